The number of hydrogen-bond donors (Lipinski definition) is 0. The smallest absolute Gasteiger partial charge is 0.337 e. The Labute approximate surface area is 168 Å². The summed E-state index contributed by atoms with van der Waals surface area (Å²) in [6, 6.07) is 15.3. The van der Waals surface area contributed by atoms with E-state index in [4.69, 9.17) is 21.1 Å². The zero-order valence-electron chi connectivity index (χ0n) is 15.9. The summed E-state index contributed by atoms with van der Waals surface area (Å²) in [5, 5.41) is 1.71. The number of hydrogen-bond acceptors (Lipinski definition) is 4. The van der Waals surface area contributed by atoms with Gasteiger partial charge in [0.25, 0.3) is 0 Å². The first-order chi connectivity index (χ1) is 13.5. The lowest BCUT2D eigenvalue weighted by atomic mass is 10.1. The van der Waals surface area contributed by atoms with Crippen molar-refractivity contribution in [3.05, 3.63) is 70.4 Å². The number of fused-ring (bicyclic) bond motifs is 1. The normalized spacial score (nSPS) is 10.8. The maximum Gasteiger partial charge on any atom is 0.337 e. The van der Waals surface area contributed by atoms with E-state index in [9.17, 15) is 9.59 Å². The van der Waals surface area contributed by atoms with Gasteiger partial charge in [-0.25, -0.2) is 4.79 Å². The first kappa shape index (κ1) is 20.0. The minimum atomic E-state index is -0.375. The fourth-order valence-corrected chi connectivity index (χ4v) is 3.46. The van der Waals surface area contributed by atoms with Crippen molar-refractivity contribution >= 4 is 34.4 Å². The molecule has 0 fully saturated rings. The van der Waals surface area contributed by atoms with E-state index in [0.29, 0.717) is 36.4 Å². The Bertz CT molecular complexity index is 1010. The second-order valence-electron chi connectivity index (χ2n) is 6.51. The van der Waals surface area contributed by atoms with Crippen molar-refractivity contribution in [1.82, 2.24) is 4.57 Å². The lowest BCUT2D eigenvalue weighted by molar-refractivity contribution is -0.140. The Morgan fingerprint density at radius 2 is 1.82 bits per heavy atom. The Kier molecular flexibility index (Phi) is 6.37. The molecule has 0 aliphatic heterocycles. The van der Waals surface area contributed by atoms with E-state index in [0.717, 1.165) is 22.2 Å². The highest BCUT2D eigenvalue weighted by Crippen LogP contribution is 2.26. The van der Waals surface area contributed by atoms with Crippen LogP contribution in [0.5, 0.6) is 0 Å². The molecule has 1 heterocycles. The largest absolute Gasteiger partial charge is 0.469 e. The zero-order valence-corrected chi connectivity index (χ0v) is 16.7. The van der Waals surface area contributed by atoms with Crippen molar-refractivity contribution in [2.24, 2.45) is 0 Å². The summed E-state index contributed by atoms with van der Waals surface area (Å²) in [6.07, 6.45) is 1.74. The van der Waals surface area contributed by atoms with Crippen molar-refractivity contribution in [2.75, 3.05) is 14.2 Å². The minimum Gasteiger partial charge on any atom is -0.469 e. The molecule has 0 spiro atoms. The summed E-state index contributed by atoms with van der Waals surface area (Å²) in [6.45, 7) is 0.571. The van der Waals surface area contributed by atoms with Gasteiger partial charge in [-0.05, 0) is 48.1 Å². The Morgan fingerprint density at radius 3 is 2.54 bits per heavy atom. The number of halogens is 1. The molecule has 0 bridgehead atoms. The number of rotatable bonds is 7. The predicted octanol–water partition coefficient (Wildman–Crippen LogP) is 4.63. The molecule has 3 rings (SSSR count). The average Bonchev–Trinajstić information content (AvgIpc) is 3.05. The number of benzene rings is 2. The quantitative estimate of drug-likeness (QED) is 0.544. The molecule has 6 heteroatoms. The molecule has 0 saturated carbocycles. The van der Waals surface area contributed by atoms with E-state index in [1.807, 2.05) is 36.4 Å². The molecular weight excluding hydrogens is 378 g/mol. The van der Waals surface area contributed by atoms with Crippen LogP contribution in [0.3, 0.4) is 0 Å². The fraction of sp³-hybridized carbons (Fsp3) is 0.273. The van der Waals surface area contributed by atoms with Gasteiger partial charge in [-0.3, -0.25) is 4.79 Å². The van der Waals surface area contributed by atoms with Gasteiger partial charge in [0, 0.05) is 29.2 Å². The molecule has 0 unspecified atom stereocenters. The van der Waals surface area contributed by atoms with E-state index in [-0.39, 0.29) is 11.9 Å². The molecule has 0 amide bonds. The van der Waals surface area contributed by atoms with Crippen molar-refractivity contribution in [2.45, 2.75) is 25.8 Å². The van der Waals surface area contributed by atoms with E-state index in [2.05, 4.69) is 10.6 Å². The maximum absolute atomic E-state index is 12.0. The molecule has 146 valence electrons. The third kappa shape index (κ3) is 4.37. The molecule has 0 atom stereocenters. The second-order valence-corrected chi connectivity index (χ2v) is 6.92. The van der Waals surface area contributed by atoms with Gasteiger partial charge in [0.05, 0.1) is 19.8 Å². The van der Waals surface area contributed by atoms with Crippen LogP contribution in [0.4, 0.5) is 0 Å². The van der Waals surface area contributed by atoms with Crippen LogP contribution in [-0.4, -0.2) is 30.7 Å². The Hall–Kier alpha value is -2.79. The summed E-state index contributed by atoms with van der Waals surface area (Å²) >= 11 is 6.36. The van der Waals surface area contributed by atoms with Gasteiger partial charge in [-0.1, -0.05) is 35.9 Å². The zero-order chi connectivity index (χ0) is 20.1. The van der Waals surface area contributed by atoms with Gasteiger partial charge in [-0.2, -0.15) is 0 Å². The third-order valence-electron chi connectivity index (χ3n) is 4.74. The van der Waals surface area contributed by atoms with Crippen LogP contribution in [0.1, 0.15) is 34.5 Å². The van der Waals surface area contributed by atoms with Crippen LogP contribution in [0, 0.1) is 0 Å². The third-order valence-corrected chi connectivity index (χ3v) is 5.11. The van der Waals surface area contributed by atoms with E-state index >= 15 is 0 Å². The molecule has 0 aliphatic rings. The van der Waals surface area contributed by atoms with E-state index in [1.165, 1.54) is 14.2 Å². The van der Waals surface area contributed by atoms with Crippen LogP contribution in [-0.2, 0) is 27.2 Å². The van der Waals surface area contributed by atoms with Crippen LogP contribution in [0.15, 0.2) is 48.5 Å². The molecular formula is C22H22ClNO4. The summed E-state index contributed by atoms with van der Waals surface area (Å²) in [4.78, 5) is 23.4. The van der Waals surface area contributed by atoms with Crippen LogP contribution >= 0.6 is 11.6 Å². The first-order valence-electron chi connectivity index (χ1n) is 9.04. The average molecular weight is 400 g/mol. The van der Waals surface area contributed by atoms with E-state index in [1.54, 1.807) is 6.07 Å². The Morgan fingerprint density at radius 1 is 1.04 bits per heavy atom. The van der Waals surface area contributed by atoms with Gasteiger partial charge in [0.15, 0.2) is 0 Å². The molecule has 1 aromatic heterocycles. The molecule has 5 nitrogen and oxygen atoms in total. The monoisotopic (exact) mass is 399 g/mol. The number of methoxy groups -OCH3 is 2. The molecule has 3 aromatic rings. The number of ether oxygens (including phenoxy) is 2. The number of esters is 2. The standard InChI is InChI=1S/C22H22ClNO4/c1-27-21(25)9-5-7-18-12-15-10-11-16(22(26)28-2)13-20(15)24(18)14-17-6-3-4-8-19(17)23/h3-4,6,8,10-13H,5,7,9,14H2,1-2H3. The van der Waals surface area contributed by atoms with Gasteiger partial charge in [0.1, 0.15) is 0 Å². The number of carbonyl (C=O) groups excluding carboxylic acids is 2. The summed E-state index contributed by atoms with van der Waals surface area (Å²) in [5.74, 6) is -0.596. The number of nitrogens with zero attached hydrogens (tertiary/aromatic N) is 1. The lowest BCUT2D eigenvalue weighted by Crippen LogP contribution is -2.07. The van der Waals surface area contributed by atoms with Gasteiger partial charge >= 0.3 is 11.9 Å². The summed E-state index contributed by atoms with van der Waals surface area (Å²) < 4.78 is 11.7. The summed E-state index contributed by atoms with van der Waals surface area (Å²) in [5.41, 5.74) is 3.48. The second kappa shape index (κ2) is 8.93. The van der Waals surface area contributed by atoms with Crippen LogP contribution < -0.4 is 0 Å². The van der Waals surface area contributed by atoms with Gasteiger partial charge in [0.2, 0.25) is 0 Å². The predicted molar refractivity (Wildman–Crippen MR) is 109 cm³/mol. The molecule has 0 N–H and O–H groups in total. The SMILES string of the molecule is COC(=O)CCCc1cc2ccc(C(=O)OC)cc2n1Cc1ccccc1Cl. The first-order valence-corrected chi connectivity index (χ1v) is 9.42. The number of aromatic nitrogens is 1. The highest BCUT2D eigenvalue weighted by atomic mass is 35.5. The molecule has 0 radical (unpaired) electrons. The summed E-state index contributed by atoms with van der Waals surface area (Å²) in [7, 11) is 2.76. The highest BCUT2D eigenvalue weighted by molar-refractivity contribution is 6.31. The topological polar surface area (TPSA) is 57.5 Å². The van der Waals surface area contributed by atoms with Crippen molar-refractivity contribution in [3.8, 4) is 0 Å². The molecule has 0 saturated heterocycles. The fourth-order valence-electron chi connectivity index (χ4n) is 3.26. The maximum atomic E-state index is 12.0. The molecule has 2 aromatic carbocycles. The molecule has 0 aliphatic carbocycles. The van der Waals surface area contributed by atoms with Crippen LogP contribution in [0.25, 0.3) is 10.9 Å². The lowest BCUT2D eigenvalue weighted by Gasteiger charge is -2.13. The minimum absolute atomic E-state index is 0.221. The van der Waals surface area contributed by atoms with Gasteiger partial charge < -0.3 is 14.0 Å². The van der Waals surface area contributed by atoms with Crippen molar-refractivity contribution in [1.29, 1.82) is 0 Å². The highest BCUT2D eigenvalue weighted by Gasteiger charge is 2.14. The number of aryl methyl sites for hydroxylation is 1. The van der Waals surface area contributed by atoms with Crippen molar-refractivity contribution in [3.63, 3.8) is 0 Å². The van der Waals surface area contributed by atoms with Crippen LogP contribution in [0.2, 0.25) is 5.02 Å². The number of carbonyl (C=O) groups is 2. The Balaban J connectivity index is 2.01. The molecule has 28 heavy (non-hydrogen) atoms. The van der Waals surface area contributed by atoms with Gasteiger partial charge in [-0.15, -0.1) is 0 Å². The van der Waals surface area contributed by atoms with E-state index < -0.39 is 0 Å². The van der Waals surface area contributed by atoms with Crippen molar-refractivity contribution < 1.29 is 19.1 Å².